The first-order valence-corrected chi connectivity index (χ1v) is 5.65. The van der Waals surface area contributed by atoms with Gasteiger partial charge < -0.3 is 5.11 Å². The highest BCUT2D eigenvalue weighted by Gasteiger charge is 2.31. The molecule has 2 rings (SSSR count). The zero-order valence-corrected chi connectivity index (χ0v) is 9.03. The van der Waals surface area contributed by atoms with Gasteiger partial charge in [0.1, 0.15) is 11.6 Å². The Bertz CT molecular complexity index is 389. The highest BCUT2D eigenvalue weighted by molar-refractivity contribution is 5.82. The Balaban J connectivity index is 2.21. The van der Waals surface area contributed by atoms with Gasteiger partial charge in [0.05, 0.1) is 6.10 Å². The van der Waals surface area contributed by atoms with E-state index in [1.165, 1.54) is 6.07 Å². The van der Waals surface area contributed by atoms with Gasteiger partial charge in [-0.2, -0.15) is 0 Å². The van der Waals surface area contributed by atoms with Gasteiger partial charge in [0.25, 0.3) is 0 Å². The SMILES string of the molecule is O=C1CCCC[C@H]1[C@@H](O)c1ccccc1F. The van der Waals surface area contributed by atoms with Crippen LogP contribution in [-0.2, 0) is 4.79 Å². The summed E-state index contributed by atoms with van der Waals surface area (Å²) in [5.74, 6) is -0.805. The summed E-state index contributed by atoms with van der Waals surface area (Å²) < 4.78 is 13.5. The number of aliphatic hydroxyl groups is 1. The van der Waals surface area contributed by atoms with Gasteiger partial charge in [0, 0.05) is 17.9 Å². The fourth-order valence-electron chi connectivity index (χ4n) is 2.28. The summed E-state index contributed by atoms with van der Waals surface area (Å²) in [4.78, 5) is 11.6. The molecule has 1 fully saturated rings. The van der Waals surface area contributed by atoms with Gasteiger partial charge in [-0.1, -0.05) is 24.6 Å². The van der Waals surface area contributed by atoms with Crippen LogP contribution in [0.1, 0.15) is 37.4 Å². The Kier molecular flexibility index (Phi) is 3.34. The van der Waals surface area contributed by atoms with E-state index >= 15 is 0 Å². The van der Waals surface area contributed by atoms with Gasteiger partial charge in [0.15, 0.2) is 0 Å². The largest absolute Gasteiger partial charge is 0.388 e. The summed E-state index contributed by atoms with van der Waals surface area (Å²) in [5.41, 5.74) is 0.239. The molecule has 3 heteroatoms. The molecule has 1 aliphatic carbocycles. The molecule has 0 heterocycles. The van der Waals surface area contributed by atoms with Gasteiger partial charge >= 0.3 is 0 Å². The van der Waals surface area contributed by atoms with Crippen molar-refractivity contribution in [2.24, 2.45) is 5.92 Å². The first-order valence-electron chi connectivity index (χ1n) is 5.65. The minimum Gasteiger partial charge on any atom is -0.388 e. The third-order valence-electron chi connectivity index (χ3n) is 3.21. The molecule has 16 heavy (non-hydrogen) atoms. The lowest BCUT2D eigenvalue weighted by molar-refractivity contribution is -0.128. The molecule has 0 saturated heterocycles. The van der Waals surface area contributed by atoms with Crippen molar-refractivity contribution in [1.29, 1.82) is 0 Å². The van der Waals surface area contributed by atoms with Crippen molar-refractivity contribution >= 4 is 5.78 Å². The molecule has 0 aliphatic heterocycles. The number of rotatable bonds is 2. The summed E-state index contributed by atoms with van der Waals surface area (Å²) in [6, 6.07) is 6.11. The third kappa shape index (κ3) is 2.14. The molecule has 1 saturated carbocycles. The highest BCUT2D eigenvalue weighted by atomic mass is 19.1. The molecule has 0 radical (unpaired) electrons. The van der Waals surface area contributed by atoms with Crippen molar-refractivity contribution in [2.45, 2.75) is 31.8 Å². The Hall–Kier alpha value is -1.22. The normalized spacial score (nSPS) is 23.1. The molecule has 1 N–H and O–H groups in total. The first kappa shape index (κ1) is 11.3. The Morgan fingerprint density at radius 2 is 2.06 bits per heavy atom. The van der Waals surface area contributed by atoms with E-state index in [4.69, 9.17) is 0 Å². The maximum absolute atomic E-state index is 13.5. The van der Waals surface area contributed by atoms with Crippen molar-refractivity contribution in [2.75, 3.05) is 0 Å². The minimum atomic E-state index is -0.992. The molecule has 0 bridgehead atoms. The predicted octanol–water partition coefficient (Wildman–Crippen LogP) is 2.62. The molecule has 0 amide bonds. The molecule has 0 spiro atoms. The second kappa shape index (κ2) is 4.74. The maximum atomic E-state index is 13.5. The van der Waals surface area contributed by atoms with E-state index in [0.29, 0.717) is 12.8 Å². The van der Waals surface area contributed by atoms with Crippen LogP contribution in [0.25, 0.3) is 0 Å². The monoisotopic (exact) mass is 222 g/mol. The molecule has 0 unspecified atom stereocenters. The van der Waals surface area contributed by atoms with Gasteiger partial charge in [-0.3, -0.25) is 4.79 Å². The van der Waals surface area contributed by atoms with Crippen molar-refractivity contribution < 1.29 is 14.3 Å². The average molecular weight is 222 g/mol. The van der Waals surface area contributed by atoms with E-state index < -0.39 is 17.8 Å². The van der Waals surface area contributed by atoms with Crippen LogP contribution in [0, 0.1) is 11.7 Å². The maximum Gasteiger partial charge on any atom is 0.138 e. The van der Waals surface area contributed by atoms with E-state index in [1.807, 2.05) is 0 Å². The van der Waals surface area contributed by atoms with E-state index in [9.17, 15) is 14.3 Å². The molecule has 1 aliphatic rings. The van der Waals surface area contributed by atoms with Crippen molar-refractivity contribution in [1.82, 2.24) is 0 Å². The second-order valence-electron chi connectivity index (χ2n) is 4.28. The number of hydrogen-bond acceptors (Lipinski definition) is 2. The summed E-state index contributed by atoms with van der Waals surface area (Å²) in [6.07, 6.45) is 2.00. The first-order chi connectivity index (χ1) is 7.70. The zero-order valence-electron chi connectivity index (χ0n) is 9.03. The van der Waals surface area contributed by atoms with Gasteiger partial charge in [0.2, 0.25) is 0 Å². The minimum absolute atomic E-state index is 0.0574. The van der Waals surface area contributed by atoms with Crippen LogP contribution in [0.3, 0.4) is 0 Å². The van der Waals surface area contributed by atoms with Gasteiger partial charge in [-0.15, -0.1) is 0 Å². The Morgan fingerprint density at radius 1 is 1.31 bits per heavy atom. The fraction of sp³-hybridized carbons (Fsp3) is 0.462. The third-order valence-corrected chi connectivity index (χ3v) is 3.21. The lowest BCUT2D eigenvalue weighted by Crippen LogP contribution is -2.26. The van der Waals surface area contributed by atoms with Crippen molar-refractivity contribution in [3.05, 3.63) is 35.6 Å². The van der Waals surface area contributed by atoms with Crippen LogP contribution >= 0.6 is 0 Å². The van der Waals surface area contributed by atoms with Crippen LogP contribution in [0.2, 0.25) is 0 Å². The Labute approximate surface area is 94.1 Å². The fourth-order valence-corrected chi connectivity index (χ4v) is 2.28. The summed E-state index contributed by atoms with van der Waals surface area (Å²) >= 11 is 0. The predicted molar refractivity (Wildman–Crippen MR) is 58.3 cm³/mol. The number of aliphatic hydroxyl groups excluding tert-OH is 1. The van der Waals surface area contributed by atoms with Crippen LogP contribution in [0.4, 0.5) is 4.39 Å². The topological polar surface area (TPSA) is 37.3 Å². The van der Waals surface area contributed by atoms with Gasteiger partial charge in [-0.25, -0.2) is 4.39 Å². The number of carbonyl (C=O) groups is 1. The molecule has 1 aromatic carbocycles. The van der Waals surface area contributed by atoms with Crippen LogP contribution in [-0.4, -0.2) is 10.9 Å². The lowest BCUT2D eigenvalue weighted by Gasteiger charge is -2.25. The van der Waals surface area contributed by atoms with E-state index in [0.717, 1.165) is 12.8 Å². The zero-order chi connectivity index (χ0) is 11.5. The number of hydrogen-bond donors (Lipinski definition) is 1. The lowest BCUT2D eigenvalue weighted by atomic mass is 9.81. The number of halogens is 1. The molecule has 0 aromatic heterocycles. The van der Waals surface area contributed by atoms with E-state index in [2.05, 4.69) is 0 Å². The quantitative estimate of drug-likeness (QED) is 0.835. The molecule has 1 aromatic rings. The second-order valence-corrected chi connectivity index (χ2v) is 4.28. The average Bonchev–Trinajstić information content (AvgIpc) is 2.29. The van der Waals surface area contributed by atoms with Crippen LogP contribution in [0.15, 0.2) is 24.3 Å². The summed E-state index contributed by atoms with van der Waals surface area (Å²) in [6.45, 7) is 0. The standard InChI is InChI=1S/C13H15FO2/c14-11-7-3-1-5-9(11)13(16)10-6-2-4-8-12(10)15/h1,3,5,7,10,13,16H,2,4,6,8H2/t10-,13+/m1/s1. The molecule has 2 atom stereocenters. The summed E-state index contributed by atoms with van der Waals surface area (Å²) in [7, 11) is 0. The summed E-state index contributed by atoms with van der Waals surface area (Å²) in [5, 5.41) is 10.0. The van der Waals surface area contributed by atoms with Crippen molar-refractivity contribution in [3.63, 3.8) is 0 Å². The number of benzene rings is 1. The van der Waals surface area contributed by atoms with Crippen molar-refractivity contribution in [3.8, 4) is 0 Å². The molecule has 86 valence electrons. The molecule has 2 nitrogen and oxygen atoms in total. The van der Waals surface area contributed by atoms with Gasteiger partial charge in [-0.05, 0) is 18.9 Å². The number of carbonyl (C=O) groups excluding carboxylic acids is 1. The molecular weight excluding hydrogens is 207 g/mol. The van der Waals surface area contributed by atoms with Crippen LogP contribution < -0.4 is 0 Å². The Morgan fingerprint density at radius 3 is 2.75 bits per heavy atom. The molecular formula is C13H15FO2. The number of ketones is 1. The van der Waals surface area contributed by atoms with E-state index in [1.54, 1.807) is 18.2 Å². The highest BCUT2D eigenvalue weighted by Crippen LogP contribution is 2.32. The van der Waals surface area contributed by atoms with Crippen LogP contribution in [0.5, 0.6) is 0 Å². The van der Waals surface area contributed by atoms with E-state index in [-0.39, 0.29) is 11.3 Å². The smallest absolute Gasteiger partial charge is 0.138 e. The number of Topliss-reactive ketones (excluding diaryl/α,β-unsaturated/α-hetero) is 1.